The number of likely N-dealkylation sites (tertiary alicyclic amines) is 1. The van der Waals surface area contributed by atoms with Crippen molar-refractivity contribution in [1.82, 2.24) is 4.90 Å². The maximum Gasteiger partial charge on any atom is 0.223 e. The first-order chi connectivity index (χ1) is 6.88. The van der Waals surface area contributed by atoms with Crippen molar-refractivity contribution in [2.24, 2.45) is 0 Å². The van der Waals surface area contributed by atoms with E-state index in [9.17, 15) is 18.3 Å². The number of rotatable bonds is 3. The van der Waals surface area contributed by atoms with Gasteiger partial charge in [-0.25, -0.2) is 8.42 Å². The number of carbonyl (C=O) groups excluding carboxylic acids is 1. The summed E-state index contributed by atoms with van der Waals surface area (Å²) in [5, 5.41) is 9.23. The summed E-state index contributed by atoms with van der Waals surface area (Å²) in [6.07, 6.45) is 2.04. The van der Waals surface area contributed by atoms with E-state index < -0.39 is 9.84 Å². The Morgan fingerprint density at radius 3 is 2.40 bits per heavy atom. The molecule has 6 heteroatoms. The van der Waals surface area contributed by atoms with Crippen LogP contribution in [0.4, 0.5) is 0 Å². The van der Waals surface area contributed by atoms with Crippen molar-refractivity contribution >= 4 is 15.7 Å². The van der Waals surface area contributed by atoms with Crippen LogP contribution in [0.1, 0.15) is 19.3 Å². The monoisotopic (exact) mass is 235 g/mol. The van der Waals surface area contributed by atoms with E-state index in [4.69, 9.17) is 0 Å². The Morgan fingerprint density at radius 2 is 1.93 bits per heavy atom. The lowest BCUT2D eigenvalue weighted by Crippen LogP contribution is -2.40. The molecule has 0 unspecified atom stereocenters. The lowest BCUT2D eigenvalue weighted by Gasteiger charge is -2.29. The normalized spacial score (nSPS) is 19.2. The number of aliphatic hydroxyl groups is 1. The van der Waals surface area contributed by atoms with Crippen molar-refractivity contribution < 1.29 is 18.3 Å². The van der Waals surface area contributed by atoms with Gasteiger partial charge in [0.05, 0.1) is 11.9 Å². The standard InChI is InChI=1S/C9H17NO4S/c1-15(13,14)7-4-9(12)10-5-2-8(11)3-6-10/h8,11H,2-7H2,1H3. The highest BCUT2D eigenvalue weighted by Crippen LogP contribution is 2.11. The molecule has 0 aliphatic carbocycles. The number of hydrogen-bond donors (Lipinski definition) is 1. The maximum atomic E-state index is 11.5. The van der Waals surface area contributed by atoms with Gasteiger partial charge in [-0.3, -0.25) is 4.79 Å². The molecule has 0 spiro atoms. The minimum absolute atomic E-state index is 0.0505. The van der Waals surface area contributed by atoms with Gasteiger partial charge in [0.2, 0.25) is 5.91 Å². The highest BCUT2D eigenvalue weighted by molar-refractivity contribution is 7.90. The largest absolute Gasteiger partial charge is 0.393 e. The summed E-state index contributed by atoms with van der Waals surface area (Å²) < 4.78 is 21.7. The molecule has 0 aromatic rings. The van der Waals surface area contributed by atoms with Crippen molar-refractivity contribution in [3.05, 3.63) is 0 Å². The van der Waals surface area contributed by atoms with Crippen LogP contribution < -0.4 is 0 Å². The molecule has 1 aliphatic heterocycles. The molecule has 1 fully saturated rings. The third kappa shape index (κ3) is 4.61. The highest BCUT2D eigenvalue weighted by Gasteiger charge is 2.21. The summed E-state index contributed by atoms with van der Waals surface area (Å²) in [6.45, 7) is 1.06. The molecule has 0 aromatic carbocycles. The molecule has 0 atom stereocenters. The van der Waals surface area contributed by atoms with Gasteiger partial charge in [-0.15, -0.1) is 0 Å². The number of amides is 1. The van der Waals surface area contributed by atoms with Crippen LogP contribution in [0.25, 0.3) is 0 Å². The van der Waals surface area contributed by atoms with Crippen LogP contribution in [-0.2, 0) is 14.6 Å². The Labute approximate surface area is 90.0 Å². The molecule has 0 bridgehead atoms. The van der Waals surface area contributed by atoms with Gasteiger partial charge in [0.15, 0.2) is 0 Å². The smallest absolute Gasteiger partial charge is 0.223 e. The molecule has 1 aliphatic rings. The minimum atomic E-state index is -3.07. The highest BCUT2D eigenvalue weighted by atomic mass is 32.2. The van der Waals surface area contributed by atoms with E-state index in [1.807, 2.05) is 0 Å². The first kappa shape index (κ1) is 12.4. The van der Waals surface area contributed by atoms with E-state index in [2.05, 4.69) is 0 Å². The van der Waals surface area contributed by atoms with Gasteiger partial charge in [0, 0.05) is 25.8 Å². The minimum Gasteiger partial charge on any atom is -0.393 e. The van der Waals surface area contributed by atoms with Crippen molar-refractivity contribution in [3.63, 3.8) is 0 Å². The molecule has 5 nitrogen and oxygen atoms in total. The Morgan fingerprint density at radius 1 is 1.40 bits per heavy atom. The first-order valence-electron chi connectivity index (χ1n) is 5.02. The molecule has 1 amide bonds. The molecule has 15 heavy (non-hydrogen) atoms. The molecule has 1 N–H and O–H groups in total. The van der Waals surface area contributed by atoms with E-state index in [1.54, 1.807) is 4.90 Å². The second-order valence-corrected chi connectivity index (χ2v) is 6.25. The van der Waals surface area contributed by atoms with Crippen LogP contribution in [-0.4, -0.2) is 55.5 Å². The first-order valence-corrected chi connectivity index (χ1v) is 7.08. The Hall–Kier alpha value is -0.620. The Balaban J connectivity index is 2.35. The lowest BCUT2D eigenvalue weighted by molar-refractivity contribution is -0.132. The van der Waals surface area contributed by atoms with Crippen LogP contribution in [0.2, 0.25) is 0 Å². The SMILES string of the molecule is CS(=O)(=O)CCC(=O)N1CCC(O)CC1. The molecule has 1 heterocycles. The fourth-order valence-electron chi connectivity index (χ4n) is 1.55. The average Bonchev–Trinajstić information content (AvgIpc) is 2.14. The van der Waals surface area contributed by atoms with Crippen LogP contribution in [0, 0.1) is 0 Å². The van der Waals surface area contributed by atoms with Gasteiger partial charge in [0.1, 0.15) is 9.84 Å². The molecule has 0 saturated carbocycles. The zero-order valence-electron chi connectivity index (χ0n) is 8.85. The van der Waals surface area contributed by atoms with E-state index in [1.165, 1.54) is 0 Å². The summed E-state index contributed by atoms with van der Waals surface area (Å²) in [7, 11) is -3.07. The van der Waals surface area contributed by atoms with Crippen LogP contribution in [0.3, 0.4) is 0 Å². The zero-order valence-corrected chi connectivity index (χ0v) is 9.66. The van der Waals surface area contributed by atoms with Crippen molar-refractivity contribution in [1.29, 1.82) is 0 Å². The van der Waals surface area contributed by atoms with E-state index in [-0.39, 0.29) is 24.2 Å². The lowest BCUT2D eigenvalue weighted by atomic mass is 10.1. The fraction of sp³-hybridized carbons (Fsp3) is 0.889. The van der Waals surface area contributed by atoms with Crippen molar-refractivity contribution in [3.8, 4) is 0 Å². The van der Waals surface area contributed by atoms with Gasteiger partial charge < -0.3 is 10.0 Å². The van der Waals surface area contributed by atoms with Crippen LogP contribution in [0.15, 0.2) is 0 Å². The second kappa shape index (κ2) is 4.94. The topological polar surface area (TPSA) is 74.7 Å². The number of sulfone groups is 1. The van der Waals surface area contributed by atoms with E-state index >= 15 is 0 Å². The molecular weight excluding hydrogens is 218 g/mol. The molecular formula is C9H17NO4S. The quantitative estimate of drug-likeness (QED) is 0.709. The Kier molecular flexibility index (Phi) is 4.10. The van der Waals surface area contributed by atoms with Crippen molar-refractivity contribution in [2.75, 3.05) is 25.1 Å². The number of carbonyl (C=O) groups is 1. The average molecular weight is 235 g/mol. The van der Waals surface area contributed by atoms with Gasteiger partial charge in [0.25, 0.3) is 0 Å². The predicted octanol–water partition coefficient (Wildman–Crippen LogP) is -0.596. The summed E-state index contributed by atoms with van der Waals surface area (Å²) in [5.74, 6) is -0.224. The molecule has 0 radical (unpaired) electrons. The maximum absolute atomic E-state index is 11.5. The van der Waals surface area contributed by atoms with E-state index in [0.717, 1.165) is 6.26 Å². The van der Waals surface area contributed by atoms with E-state index in [0.29, 0.717) is 25.9 Å². The summed E-state index contributed by atoms with van der Waals surface area (Å²) >= 11 is 0. The third-order valence-electron chi connectivity index (χ3n) is 2.50. The van der Waals surface area contributed by atoms with Gasteiger partial charge >= 0.3 is 0 Å². The van der Waals surface area contributed by atoms with Crippen LogP contribution >= 0.6 is 0 Å². The number of piperidine rings is 1. The zero-order chi connectivity index (χ0) is 11.5. The van der Waals surface area contributed by atoms with Gasteiger partial charge in [-0.05, 0) is 12.8 Å². The fourth-order valence-corrected chi connectivity index (χ4v) is 2.09. The summed E-state index contributed by atoms with van der Waals surface area (Å²) in [6, 6.07) is 0. The predicted molar refractivity (Wildman–Crippen MR) is 56.1 cm³/mol. The Bertz CT molecular complexity index is 317. The molecule has 0 aromatic heterocycles. The number of aliphatic hydroxyl groups excluding tert-OH is 1. The third-order valence-corrected chi connectivity index (χ3v) is 3.45. The number of hydrogen-bond acceptors (Lipinski definition) is 4. The van der Waals surface area contributed by atoms with Crippen molar-refractivity contribution in [2.45, 2.75) is 25.4 Å². The molecule has 1 rings (SSSR count). The van der Waals surface area contributed by atoms with Crippen LogP contribution in [0.5, 0.6) is 0 Å². The number of nitrogens with zero attached hydrogens (tertiary/aromatic N) is 1. The second-order valence-electron chi connectivity index (χ2n) is 3.99. The van der Waals surface area contributed by atoms with Gasteiger partial charge in [-0.2, -0.15) is 0 Å². The van der Waals surface area contributed by atoms with Gasteiger partial charge in [-0.1, -0.05) is 0 Å². The summed E-state index contributed by atoms with van der Waals surface area (Å²) in [4.78, 5) is 13.2. The summed E-state index contributed by atoms with van der Waals surface area (Å²) in [5.41, 5.74) is 0. The molecule has 88 valence electrons. The molecule has 1 saturated heterocycles.